The van der Waals surface area contributed by atoms with Crippen molar-refractivity contribution in [3.8, 4) is 0 Å². The van der Waals surface area contributed by atoms with Crippen LogP contribution in [0.2, 0.25) is 0 Å². The molecule has 0 unspecified atom stereocenters. The lowest BCUT2D eigenvalue weighted by atomic mass is 10.3. The Morgan fingerprint density at radius 2 is 2.41 bits per heavy atom. The highest BCUT2D eigenvalue weighted by Crippen LogP contribution is 2.25. The van der Waals surface area contributed by atoms with Crippen LogP contribution < -0.4 is 16.8 Å². The first kappa shape index (κ1) is 11.3. The number of rotatable bonds is 5. The van der Waals surface area contributed by atoms with Crippen LogP contribution >= 0.6 is 11.5 Å². The summed E-state index contributed by atoms with van der Waals surface area (Å²) in [7, 11) is 0. The van der Waals surface area contributed by atoms with Crippen molar-refractivity contribution >= 4 is 28.3 Å². The van der Waals surface area contributed by atoms with Gasteiger partial charge >= 0.3 is 0 Å². The van der Waals surface area contributed by atoms with E-state index in [4.69, 9.17) is 16.0 Å². The molecule has 9 heteroatoms. The molecule has 2 heterocycles. The van der Waals surface area contributed by atoms with Crippen LogP contribution in [0.15, 0.2) is 10.9 Å². The van der Waals surface area contributed by atoms with E-state index >= 15 is 0 Å². The standard InChI is InChI=1S/C8H10N6O2S/c9-6-5(7(10)15)8(17-14-6)11-2-1-4-12-3-13-16-4/h3,11H,1-2H2,(H2,9,14)(H2,10,15). The number of hydrogen-bond acceptors (Lipinski definition) is 8. The van der Waals surface area contributed by atoms with E-state index < -0.39 is 5.91 Å². The molecule has 0 atom stereocenters. The quantitative estimate of drug-likeness (QED) is 0.676. The molecule has 0 saturated carbocycles. The van der Waals surface area contributed by atoms with Gasteiger partial charge in [0, 0.05) is 13.0 Å². The summed E-state index contributed by atoms with van der Waals surface area (Å²) in [5.41, 5.74) is 10.9. The summed E-state index contributed by atoms with van der Waals surface area (Å²) in [6.07, 6.45) is 1.87. The van der Waals surface area contributed by atoms with Gasteiger partial charge in [-0.15, -0.1) is 0 Å². The van der Waals surface area contributed by atoms with Crippen LogP contribution in [0, 0.1) is 0 Å². The monoisotopic (exact) mass is 254 g/mol. The van der Waals surface area contributed by atoms with Crippen LogP contribution in [-0.2, 0) is 6.42 Å². The second-order valence-corrected chi connectivity index (χ2v) is 3.92. The number of aromatic nitrogens is 3. The van der Waals surface area contributed by atoms with Crippen molar-refractivity contribution in [2.24, 2.45) is 5.73 Å². The van der Waals surface area contributed by atoms with E-state index in [1.54, 1.807) is 0 Å². The van der Waals surface area contributed by atoms with Crippen molar-refractivity contribution in [1.82, 2.24) is 14.5 Å². The zero-order valence-electron chi connectivity index (χ0n) is 8.71. The summed E-state index contributed by atoms with van der Waals surface area (Å²) in [4.78, 5) is 15.0. The molecule has 0 aliphatic carbocycles. The summed E-state index contributed by atoms with van der Waals surface area (Å²) in [6.45, 7) is 0.518. The van der Waals surface area contributed by atoms with Gasteiger partial charge in [-0.25, -0.2) is 0 Å². The molecule has 90 valence electrons. The molecular weight excluding hydrogens is 244 g/mol. The zero-order chi connectivity index (χ0) is 12.3. The Morgan fingerprint density at radius 1 is 1.59 bits per heavy atom. The van der Waals surface area contributed by atoms with E-state index in [0.29, 0.717) is 23.9 Å². The number of anilines is 2. The van der Waals surface area contributed by atoms with E-state index in [-0.39, 0.29) is 11.4 Å². The summed E-state index contributed by atoms with van der Waals surface area (Å²) in [5, 5.41) is 7.03. The van der Waals surface area contributed by atoms with Crippen LogP contribution in [0.25, 0.3) is 0 Å². The molecule has 2 aromatic heterocycles. The second kappa shape index (κ2) is 4.78. The molecule has 2 rings (SSSR count). The smallest absolute Gasteiger partial charge is 0.255 e. The van der Waals surface area contributed by atoms with Gasteiger partial charge in [0.05, 0.1) is 0 Å². The largest absolute Gasteiger partial charge is 0.382 e. The average molecular weight is 254 g/mol. The Balaban J connectivity index is 1.97. The molecule has 0 saturated heterocycles. The summed E-state index contributed by atoms with van der Waals surface area (Å²) < 4.78 is 8.68. The Labute approximate surface area is 100 Å². The number of nitrogens with zero attached hydrogens (tertiary/aromatic N) is 3. The van der Waals surface area contributed by atoms with E-state index in [2.05, 4.69) is 19.8 Å². The SMILES string of the molecule is NC(=O)c1c(N)nsc1NCCc1ncno1. The van der Waals surface area contributed by atoms with Gasteiger partial charge in [0.15, 0.2) is 12.1 Å². The second-order valence-electron chi connectivity index (χ2n) is 3.15. The minimum absolute atomic E-state index is 0.141. The van der Waals surface area contributed by atoms with Crippen LogP contribution in [0.1, 0.15) is 16.2 Å². The Hall–Kier alpha value is -2.16. The number of hydrogen-bond donors (Lipinski definition) is 3. The number of amides is 1. The molecule has 0 aliphatic heterocycles. The van der Waals surface area contributed by atoms with E-state index in [1.807, 2.05) is 0 Å². The van der Waals surface area contributed by atoms with Crippen LogP contribution in [0.5, 0.6) is 0 Å². The lowest BCUT2D eigenvalue weighted by Gasteiger charge is -2.02. The van der Waals surface area contributed by atoms with Crippen molar-refractivity contribution in [1.29, 1.82) is 0 Å². The number of carbonyl (C=O) groups excluding carboxylic acids is 1. The molecule has 0 fully saturated rings. The van der Waals surface area contributed by atoms with E-state index in [0.717, 1.165) is 11.5 Å². The number of nitrogens with one attached hydrogen (secondary N) is 1. The Kier molecular flexibility index (Phi) is 3.19. The van der Waals surface area contributed by atoms with E-state index in [9.17, 15) is 4.79 Å². The van der Waals surface area contributed by atoms with Gasteiger partial charge in [0.25, 0.3) is 5.91 Å². The average Bonchev–Trinajstić information content (AvgIpc) is 2.88. The fourth-order valence-corrected chi connectivity index (χ4v) is 1.99. The Morgan fingerprint density at radius 3 is 3.06 bits per heavy atom. The van der Waals surface area contributed by atoms with Crippen LogP contribution in [0.4, 0.5) is 10.8 Å². The van der Waals surface area contributed by atoms with Crippen molar-refractivity contribution in [3.63, 3.8) is 0 Å². The van der Waals surface area contributed by atoms with Gasteiger partial charge < -0.3 is 21.3 Å². The molecular formula is C8H10N6O2S. The molecule has 0 aromatic carbocycles. The first-order chi connectivity index (χ1) is 8.18. The first-order valence-electron chi connectivity index (χ1n) is 4.73. The molecule has 2 aromatic rings. The van der Waals surface area contributed by atoms with Crippen molar-refractivity contribution in [2.75, 3.05) is 17.6 Å². The highest BCUT2D eigenvalue weighted by atomic mass is 32.1. The topological polar surface area (TPSA) is 133 Å². The zero-order valence-corrected chi connectivity index (χ0v) is 9.53. The number of nitrogen functional groups attached to an aromatic ring is 1. The van der Waals surface area contributed by atoms with Crippen LogP contribution in [-0.4, -0.2) is 27.0 Å². The highest BCUT2D eigenvalue weighted by molar-refractivity contribution is 7.11. The minimum Gasteiger partial charge on any atom is -0.382 e. The predicted octanol–water partition coefficient (Wildman–Crippen LogP) is -0.138. The lowest BCUT2D eigenvalue weighted by molar-refractivity contribution is 0.100. The molecule has 1 amide bonds. The first-order valence-corrected chi connectivity index (χ1v) is 5.50. The van der Waals surface area contributed by atoms with Gasteiger partial charge in [-0.1, -0.05) is 5.16 Å². The molecule has 0 aliphatic rings. The van der Waals surface area contributed by atoms with Gasteiger partial charge in [-0.05, 0) is 11.5 Å². The van der Waals surface area contributed by atoms with Gasteiger partial charge in [-0.3, -0.25) is 4.79 Å². The lowest BCUT2D eigenvalue weighted by Crippen LogP contribution is -2.15. The third-order valence-corrected chi connectivity index (χ3v) is 2.82. The molecule has 0 bridgehead atoms. The predicted molar refractivity (Wildman–Crippen MR) is 61.5 cm³/mol. The fraction of sp³-hybridized carbons (Fsp3) is 0.250. The van der Waals surface area contributed by atoms with Crippen molar-refractivity contribution < 1.29 is 9.32 Å². The van der Waals surface area contributed by atoms with Gasteiger partial charge in [-0.2, -0.15) is 9.36 Å². The molecule has 5 N–H and O–H groups in total. The maximum atomic E-state index is 11.1. The number of nitrogens with two attached hydrogens (primary N) is 2. The summed E-state index contributed by atoms with van der Waals surface area (Å²) in [6, 6.07) is 0. The molecule has 0 radical (unpaired) electrons. The molecule has 8 nitrogen and oxygen atoms in total. The summed E-state index contributed by atoms with van der Waals surface area (Å²) >= 11 is 1.09. The van der Waals surface area contributed by atoms with Crippen LogP contribution in [0.3, 0.4) is 0 Å². The van der Waals surface area contributed by atoms with Gasteiger partial charge in [0.1, 0.15) is 10.6 Å². The highest BCUT2D eigenvalue weighted by Gasteiger charge is 2.16. The van der Waals surface area contributed by atoms with Crippen molar-refractivity contribution in [3.05, 3.63) is 17.8 Å². The minimum atomic E-state index is -0.600. The fourth-order valence-electron chi connectivity index (χ4n) is 1.25. The number of carbonyl (C=O) groups is 1. The number of primary amides is 1. The molecule has 0 spiro atoms. The molecule has 17 heavy (non-hydrogen) atoms. The summed E-state index contributed by atoms with van der Waals surface area (Å²) in [5.74, 6) is 0.0509. The third-order valence-electron chi connectivity index (χ3n) is 2.00. The van der Waals surface area contributed by atoms with E-state index in [1.165, 1.54) is 6.33 Å². The normalized spacial score (nSPS) is 10.4. The van der Waals surface area contributed by atoms with Crippen molar-refractivity contribution in [2.45, 2.75) is 6.42 Å². The van der Waals surface area contributed by atoms with Gasteiger partial charge in [0.2, 0.25) is 5.89 Å². The maximum Gasteiger partial charge on any atom is 0.255 e. The maximum absolute atomic E-state index is 11.1. The Bertz CT molecular complexity index is 508. The third kappa shape index (κ3) is 2.50.